The monoisotopic (exact) mass is 265 g/mol. The highest BCUT2D eigenvalue weighted by Gasteiger charge is 2.30. The van der Waals surface area contributed by atoms with Crippen molar-refractivity contribution in [3.63, 3.8) is 0 Å². The highest BCUT2D eigenvalue weighted by atomic mass is 32.2. The number of primary amides is 1. The number of carbonyl (C=O) groups excluding carboxylic acids is 1. The van der Waals surface area contributed by atoms with E-state index < -0.39 is 8.56 Å². The molecule has 0 bridgehead atoms. The lowest BCUT2D eigenvalue weighted by molar-refractivity contribution is -0.120. The SMILES string of the molecule is CCO[Si](C)(CSCC(C)C(N)=O)OCC. The second kappa shape index (κ2) is 8.11. The number of carbonyl (C=O) groups is 1. The van der Waals surface area contributed by atoms with Crippen LogP contribution in [0.15, 0.2) is 0 Å². The molecule has 0 aromatic carbocycles. The normalized spacial score (nSPS) is 13.8. The molecule has 0 heterocycles. The first kappa shape index (κ1) is 16.0. The van der Waals surface area contributed by atoms with Crippen molar-refractivity contribution < 1.29 is 13.6 Å². The van der Waals surface area contributed by atoms with Gasteiger partial charge in [0, 0.05) is 30.3 Å². The van der Waals surface area contributed by atoms with Crippen molar-refractivity contribution in [1.82, 2.24) is 0 Å². The van der Waals surface area contributed by atoms with E-state index in [2.05, 4.69) is 6.55 Å². The van der Waals surface area contributed by atoms with E-state index in [4.69, 9.17) is 14.6 Å². The number of nitrogens with two attached hydrogens (primary N) is 1. The molecular weight excluding hydrogens is 242 g/mol. The van der Waals surface area contributed by atoms with Gasteiger partial charge >= 0.3 is 8.56 Å². The van der Waals surface area contributed by atoms with Crippen molar-refractivity contribution in [2.45, 2.75) is 27.3 Å². The van der Waals surface area contributed by atoms with Gasteiger partial charge in [-0.15, -0.1) is 0 Å². The molecule has 96 valence electrons. The third-order valence-corrected chi connectivity index (χ3v) is 7.57. The van der Waals surface area contributed by atoms with Crippen LogP contribution < -0.4 is 5.73 Å². The number of thioether (sulfide) groups is 1. The first-order valence-electron chi connectivity index (χ1n) is 5.60. The van der Waals surface area contributed by atoms with Gasteiger partial charge in [0.05, 0.1) is 0 Å². The molecule has 4 nitrogen and oxygen atoms in total. The lowest BCUT2D eigenvalue weighted by Crippen LogP contribution is -2.42. The van der Waals surface area contributed by atoms with E-state index in [-0.39, 0.29) is 11.8 Å². The average Bonchev–Trinajstić information content (AvgIpc) is 2.17. The molecule has 0 aromatic heterocycles. The number of hydrogen-bond donors (Lipinski definition) is 1. The van der Waals surface area contributed by atoms with Crippen LogP contribution in [0.1, 0.15) is 20.8 Å². The molecule has 1 amide bonds. The fourth-order valence-corrected chi connectivity index (χ4v) is 5.68. The molecule has 6 heteroatoms. The summed E-state index contributed by atoms with van der Waals surface area (Å²) in [6.07, 6.45) is 0. The van der Waals surface area contributed by atoms with Crippen LogP contribution in [-0.4, -0.2) is 38.8 Å². The van der Waals surface area contributed by atoms with Crippen LogP contribution in [0.4, 0.5) is 0 Å². The summed E-state index contributed by atoms with van der Waals surface area (Å²) in [5.74, 6) is 0.396. The van der Waals surface area contributed by atoms with Crippen LogP contribution in [0.2, 0.25) is 6.55 Å². The molecule has 2 N–H and O–H groups in total. The zero-order valence-corrected chi connectivity index (χ0v) is 12.4. The lowest BCUT2D eigenvalue weighted by Gasteiger charge is -2.25. The van der Waals surface area contributed by atoms with Crippen molar-refractivity contribution in [2.75, 3.05) is 24.3 Å². The van der Waals surface area contributed by atoms with Crippen molar-refractivity contribution in [3.8, 4) is 0 Å². The van der Waals surface area contributed by atoms with Gasteiger partial charge in [0.1, 0.15) is 0 Å². The van der Waals surface area contributed by atoms with Crippen LogP contribution in [0.5, 0.6) is 0 Å². The van der Waals surface area contributed by atoms with Gasteiger partial charge in [-0.1, -0.05) is 6.92 Å². The molecule has 1 unspecified atom stereocenters. The summed E-state index contributed by atoms with van der Waals surface area (Å²) >= 11 is 1.69. The minimum Gasteiger partial charge on any atom is -0.394 e. The zero-order valence-electron chi connectivity index (χ0n) is 10.6. The first-order chi connectivity index (χ1) is 7.45. The maximum Gasteiger partial charge on any atom is 0.345 e. The Morgan fingerprint density at radius 1 is 1.38 bits per heavy atom. The molecule has 16 heavy (non-hydrogen) atoms. The van der Waals surface area contributed by atoms with Gasteiger partial charge in [0.25, 0.3) is 0 Å². The van der Waals surface area contributed by atoms with E-state index in [1.54, 1.807) is 11.8 Å². The third-order valence-electron chi connectivity index (χ3n) is 2.12. The summed E-state index contributed by atoms with van der Waals surface area (Å²) < 4.78 is 11.4. The topological polar surface area (TPSA) is 61.5 Å². The van der Waals surface area contributed by atoms with E-state index in [1.165, 1.54) is 0 Å². The molecule has 0 fully saturated rings. The molecule has 0 spiro atoms. The molecule has 1 atom stereocenters. The number of rotatable bonds is 9. The standard InChI is InChI=1S/C10H23NO3SSi/c1-5-13-16(4,14-6-2)8-15-7-9(3)10(11)12/h9H,5-8H2,1-4H3,(H2,11,12). The minimum atomic E-state index is -2.04. The van der Waals surface area contributed by atoms with Crippen molar-refractivity contribution in [3.05, 3.63) is 0 Å². The molecular formula is C10H23NO3SSi. The summed E-state index contributed by atoms with van der Waals surface area (Å²) in [7, 11) is -2.04. The average molecular weight is 265 g/mol. The lowest BCUT2D eigenvalue weighted by atomic mass is 10.2. The fourth-order valence-electron chi connectivity index (χ4n) is 1.24. The van der Waals surface area contributed by atoms with Gasteiger partial charge in [0.2, 0.25) is 5.91 Å². The van der Waals surface area contributed by atoms with Crippen LogP contribution in [0, 0.1) is 5.92 Å². The Morgan fingerprint density at radius 2 is 1.88 bits per heavy atom. The predicted molar refractivity (Wildman–Crippen MR) is 70.6 cm³/mol. The van der Waals surface area contributed by atoms with E-state index in [9.17, 15) is 4.79 Å². The molecule has 0 radical (unpaired) electrons. The molecule has 0 rings (SSSR count). The van der Waals surface area contributed by atoms with E-state index in [1.807, 2.05) is 20.8 Å². The zero-order chi connectivity index (χ0) is 12.6. The number of amides is 1. The van der Waals surface area contributed by atoms with Crippen LogP contribution >= 0.6 is 11.8 Å². The van der Waals surface area contributed by atoms with Crippen molar-refractivity contribution >= 4 is 26.2 Å². The van der Waals surface area contributed by atoms with E-state index >= 15 is 0 Å². The Balaban J connectivity index is 3.97. The van der Waals surface area contributed by atoms with E-state index in [0.29, 0.717) is 13.2 Å². The Bertz CT molecular complexity index is 210. The van der Waals surface area contributed by atoms with Gasteiger partial charge in [0.15, 0.2) is 0 Å². The van der Waals surface area contributed by atoms with Gasteiger partial charge in [-0.05, 0) is 20.4 Å². The molecule has 0 saturated carbocycles. The summed E-state index contributed by atoms with van der Waals surface area (Å²) in [4.78, 5) is 10.9. The third kappa shape index (κ3) is 6.52. The van der Waals surface area contributed by atoms with Crippen molar-refractivity contribution in [1.29, 1.82) is 0 Å². The predicted octanol–water partition coefficient (Wildman–Crippen LogP) is 1.53. The summed E-state index contributed by atoms with van der Waals surface area (Å²) in [5, 5.41) is 0.840. The summed E-state index contributed by atoms with van der Waals surface area (Å²) in [6.45, 7) is 9.20. The first-order valence-corrected chi connectivity index (χ1v) is 9.28. The van der Waals surface area contributed by atoms with Gasteiger partial charge in [-0.3, -0.25) is 4.79 Å². The maximum atomic E-state index is 10.9. The smallest absolute Gasteiger partial charge is 0.345 e. The largest absolute Gasteiger partial charge is 0.394 e. The van der Waals surface area contributed by atoms with Crippen LogP contribution in [0.25, 0.3) is 0 Å². The Kier molecular flexibility index (Phi) is 8.09. The quantitative estimate of drug-likeness (QED) is 0.642. The highest BCUT2D eigenvalue weighted by Crippen LogP contribution is 2.17. The van der Waals surface area contributed by atoms with Crippen LogP contribution in [-0.2, 0) is 13.6 Å². The second-order valence-corrected chi connectivity index (χ2v) is 8.56. The van der Waals surface area contributed by atoms with Gasteiger partial charge < -0.3 is 14.6 Å². The minimum absolute atomic E-state index is 0.0912. The maximum absolute atomic E-state index is 10.9. The van der Waals surface area contributed by atoms with Crippen molar-refractivity contribution in [2.24, 2.45) is 11.7 Å². The van der Waals surface area contributed by atoms with Gasteiger partial charge in [-0.25, -0.2) is 0 Å². The van der Waals surface area contributed by atoms with E-state index in [0.717, 1.165) is 11.1 Å². The molecule has 0 aliphatic rings. The fraction of sp³-hybridized carbons (Fsp3) is 0.900. The Labute approximate surface area is 104 Å². The Hall–Kier alpha value is -0.0431. The molecule has 0 aliphatic carbocycles. The molecule has 0 aromatic rings. The summed E-state index contributed by atoms with van der Waals surface area (Å²) in [5.41, 5.74) is 5.20. The van der Waals surface area contributed by atoms with Crippen LogP contribution in [0.3, 0.4) is 0 Å². The molecule has 0 aliphatic heterocycles. The highest BCUT2D eigenvalue weighted by molar-refractivity contribution is 8.00. The number of hydrogen-bond acceptors (Lipinski definition) is 4. The Morgan fingerprint density at radius 3 is 2.25 bits per heavy atom. The summed E-state index contributed by atoms with van der Waals surface area (Å²) in [6, 6.07) is 0. The second-order valence-electron chi connectivity index (χ2n) is 3.82. The van der Waals surface area contributed by atoms with Gasteiger partial charge in [-0.2, -0.15) is 11.8 Å². The molecule has 0 saturated heterocycles.